The van der Waals surface area contributed by atoms with Gasteiger partial charge in [0, 0.05) is 25.7 Å². The summed E-state index contributed by atoms with van der Waals surface area (Å²) in [6, 6.07) is 0. The Bertz CT molecular complexity index is 1080. The molecule has 0 aromatic carbocycles. The van der Waals surface area contributed by atoms with Gasteiger partial charge in [-0.2, -0.15) is 16.8 Å². The zero-order valence-electron chi connectivity index (χ0n) is 30.9. The average Bonchev–Trinajstić information content (AvgIpc) is 2.91. The minimum Gasteiger partial charge on any atom is -1.00 e. The van der Waals surface area contributed by atoms with E-state index in [1.807, 2.05) is 0 Å². The zero-order chi connectivity index (χ0) is 34.1. The minimum atomic E-state index is -4.58. The monoisotopic (exact) mass is 734 g/mol. The van der Waals surface area contributed by atoms with Crippen molar-refractivity contribution >= 4 is 20.2 Å². The van der Waals surface area contributed by atoms with E-state index >= 15 is 0 Å². The quantitative estimate of drug-likeness (QED) is 0.0745. The standard InChI is InChI=1S/C34H62O11S2.Na.H/c1-3-5-7-9-11-13-15-17-19-29(46(35,36)37)31(21-25-41-31)33(23-27-43-33)45-34(24-28-44-34)32(22-26-42-32)30(47(38,39)40)20-18-16-14-12-10-8-6-4-2;;/h29-30H,3-28H2,1-2H3,(H,35,36,37)(H,38,39,40);;/q;+1;-1. The van der Waals surface area contributed by atoms with Gasteiger partial charge in [-0.05, 0) is 12.8 Å². The van der Waals surface area contributed by atoms with Gasteiger partial charge < -0.3 is 25.1 Å². The van der Waals surface area contributed by atoms with Crippen LogP contribution in [-0.4, -0.2) is 85.6 Å². The molecule has 4 rings (SSSR count). The van der Waals surface area contributed by atoms with Crippen LogP contribution in [0.1, 0.15) is 157 Å². The SMILES string of the molecule is CCCCCCCCCCC(C1(C2(OC3(C4(C(CCCCCCCCCC)S(=O)(=O)O)CCO4)CCO3)CCO2)CCO1)S(=O)(=O)O.[H-].[Na+]. The van der Waals surface area contributed by atoms with Gasteiger partial charge >= 0.3 is 29.6 Å². The fourth-order valence-electron chi connectivity index (χ4n) is 8.26. The van der Waals surface area contributed by atoms with Crippen molar-refractivity contribution in [3.8, 4) is 0 Å². The Balaban J connectivity index is 0.00000417. The van der Waals surface area contributed by atoms with Crippen LogP contribution < -0.4 is 29.6 Å². The molecular weight excluding hydrogens is 671 g/mol. The van der Waals surface area contributed by atoms with E-state index in [2.05, 4.69) is 13.8 Å². The molecule has 0 spiro atoms. The van der Waals surface area contributed by atoms with Crippen molar-refractivity contribution in [2.45, 2.75) is 188 Å². The number of ether oxygens (including phenoxy) is 5. The van der Waals surface area contributed by atoms with E-state index in [0.29, 0.717) is 25.7 Å². The molecule has 14 heteroatoms. The molecule has 6 atom stereocenters. The molecule has 4 fully saturated rings. The summed E-state index contributed by atoms with van der Waals surface area (Å²) < 4.78 is 104. The maximum atomic E-state index is 13.0. The van der Waals surface area contributed by atoms with Crippen molar-refractivity contribution in [3.05, 3.63) is 0 Å². The molecule has 4 aliphatic heterocycles. The van der Waals surface area contributed by atoms with Crippen LogP contribution in [0.4, 0.5) is 0 Å². The Morgan fingerprint density at radius 3 is 1.02 bits per heavy atom. The minimum absolute atomic E-state index is 0. The van der Waals surface area contributed by atoms with E-state index < -0.39 is 53.5 Å². The second-order valence-corrected chi connectivity index (χ2v) is 17.5. The van der Waals surface area contributed by atoms with Crippen molar-refractivity contribution < 1.29 is 80.6 Å². The first-order chi connectivity index (χ1) is 22.4. The van der Waals surface area contributed by atoms with E-state index in [-0.39, 0.29) is 83.1 Å². The van der Waals surface area contributed by atoms with Crippen LogP contribution in [0.5, 0.6) is 0 Å². The fraction of sp³-hybridized carbons (Fsp3) is 1.00. The summed E-state index contributed by atoms with van der Waals surface area (Å²) in [6.07, 6.45) is 18.0. The molecule has 48 heavy (non-hydrogen) atoms. The molecule has 278 valence electrons. The summed E-state index contributed by atoms with van der Waals surface area (Å²) in [7, 11) is -9.15. The Labute approximate surface area is 313 Å². The van der Waals surface area contributed by atoms with Gasteiger partial charge in [-0.15, -0.1) is 0 Å². The number of hydrogen-bond acceptors (Lipinski definition) is 9. The molecule has 0 aliphatic carbocycles. The molecule has 0 bridgehead atoms. The van der Waals surface area contributed by atoms with E-state index in [0.717, 1.165) is 51.4 Å². The average molecular weight is 735 g/mol. The predicted molar refractivity (Wildman–Crippen MR) is 181 cm³/mol. The third-order valence-corrected chi connectivity index (χ3v) is 13.9. The van der Waals surface area contributed by atoms with Crippen molar-refractivity contribution in [3.63, 3.8) is 0 Å². The van der Waals surface area contributed by atoms with Crippen molar-refractivity contribution in [1.82, 2.24) is 0 Å². The van der Waals surface area contributed by atoms with Gasteiger partial charge in [0.15, 0.2) is 0 Å². The summed E-state index contributed by atoms with van der Waals surface area (Å²) in [4.78, 5) is 0. The molecule has 0 radical (unpaired) electrons. The van der Waals surface area contributed by atoms with Crippen LogP contribution in [0.15, 0.2) is 0 Å². The van der Waals surface area contributed by atoms with Gasteiger partial charge in [-0.1, -0.05) is 117 Å². The molecule has 4 aliphatic rings. The van der Waals surface area contributed by atoms with Gasteiger partial charge in [0.2, 0.25) is 11.6 Å². The van der Waals surface area contributed by atoms with Gasteiger partial charge in [-0.3, -0.25) is 9.11 Å². The first-order valence-corrected chi connectivity index (χ1v) is 21.6. The van der Waals surface area contributed by atoms with Crippen LogP contribution in [0.2, 0.25) is 0 Å². The number of hydrogen-bond donors (Lipinski definition) is 2. The second kappa shape index (κ2) is 19.1. The predicted octanol–water partition coefficient (Wildman–Crippen LogP) is 4.25. The molecule has 4 heterocycles. The molecule has 0 saturated carbocycles. The Hall–Kier alpha value is 0.620. The van der Waals surface area contributed by atoms with Crippen LogP contribution in [0.3, 0.4) is 0 Å². The Morgan fingerprint density at radius 2 is 0.812 bits per heavy atom. The molecule has 4 saturated heterocycles. The topological polar surface area (TPSA) is 155 Å². The molecule has 0 aromatic heterocycles. The fourth-order valence-corrected chi connectivity index (χ4v) is 10.9. The first-order valence-electron chi connectivity index (χ1n) is 18.6. The van der Waals surface area contributed by atoms with Crippen molar-refractivity contribution in [2.24, 2.45) is 0 Å². The third kappa shape index (κ3) is 9.58. The van der Waals surface area contributed by atoms with Crippen LogP contribution in [0.25, 0.3) is 0 Å². The molecule has 11 nitrogen and oxygen atoms in total. The normalized spacial score (nSPS) is 31.4. The van der Waals surface area contributed by atoms with E-state index in [1.165, 1.54) is 38.5 Å². The second-order valence-electron chi connectivity index (χ2n) is 14.3. The summed E-state index contributed by atoms with van der Waals surface area (Å²) >= 11 is 0. The summed E-state index contributed by atoms with van der Waals surface area (Å²) in [5.74, 6) is -3.17. The van der Waals surface area contributed by atoms with E-state index in [1.54, 1.807) is 0 Å². The first kappa shape index (κ1) is 43.0. The number of unbranched alkanes of at least 4 members (excludes halogenated alkanes) is 14. The summed E-state index contributed by atoms with van der Waals surface area (Å²) in [5, 5.41) is -2.57. The smallest absolute Gasteiger partial charge is 1.00 e. The number of rotatable bonds is 26. The Morgan fingerprint density at radius 1 is 0.542 bits per heavy atom. The van der Waals surface area contributed by atoms with Crippen LogP contribution >= 0.6 is 0 Å². The molecular formula is C34H63NaO11S2. The van der Waals surface area contributed by atoms with Gasteiger partial charge in [0.05, 0.1) is 26.4 Å². The van der Waals surface area contributed by atoms with E-state index in [4.69, 9.17) is 23.7 Å². The van der Waals surface area contributed by atoms with Crippen LogP contribution in [-0.2, 0) is 43.9 Å². The van der Waals surface area contributed by atoms with Crippen molar-refractivity contribution in [1.29, 1.82) is 0 Å². The van der Waals surface area contributed by atoms with Crippen molar-refractivity contribution in [2.75, 3.05) is 26.4 Å². The maximum Gasteiger partial charge on any atom is 1.00 e. The van der Waals surface area contributed by atoms with Gasteiger partial charge in [0.25, 0.3) is 20.2 Å². The summed E-state index contributed by atoms with van der Waals surface area (Å²) in [5.41, 5.74) is -2.97. The zero-order valence-corrected chi connectivity index (χ0v) is 33.6. The molecule has 0 aromatic rings. The van der Waals surface area contributed by atoms with Crippen LogP contribution in [0, 0.1) is 0 Å². The van der Waals surface area contributed by atoms with E-state index in [9.17, 15) is 25.9 Å². The van der Waals surface area contributed by atoms with Gasteiger partial charge in [0.1, 0.15) is 21.7 Å². The molecule has 2 N–H and O–H groups in total. The largest absolute Gasteiger partial charge is 1.00 e. The maximum absolute atomic E-state index is 13.0. The Kier molecular flexibility index (Phi) is 17.1. The summed E-state index contributed by atoms with van der Waals surface area (Å²) in [6.45, 7) is 5.48. The molecule has 6 unspecified atom stereocenters. The molecule has 0 amide bonds. The third-order valence-electron chi connectivity index (χ3n) is 11.2. The van der Waals surface area contributed by atoms with Gasteiger partial charge in [-0.25, -0.2) is 0 Å².